The molecule has 1 amide bonds. The molecule has 1 fully saturated rings. The molecule has 0 aliphatic carbocycles. The van der Waals surface area contributed by atoms with Gasteiger partial charge < -0.3 is 10.6 Å². The molecule has 0 bridgehead atoms. The maximum atomic E-state index is 12.6. The smallest absolute Gasteiger partial charge is 0.255 e. The zero-order valence-corrected chi connectivity index (χ0v) is 12.7. The molecule has 1 aromatic rings. The fraction of sp³-hybridized carbons (Fsp3) is 0.500. The summed E-state index contributed by atoms with van der Waals surface area (Å²) in [7, 11) is 0. The number of rotatable bonds is 2. The molecular formula is C16H22N4O. The molecule has 1 saturated heterocycles. The fourth-order valence-electron chi connectivity index (χ4n) is 2.61. The molecule has 112 valence electrons. The summed E-state index contributed by atoms with van der Waals surface area (Å²) in [6.07, 6.45) is 3.25. The zero-order valence-electron chi connectivity index (χ0n) is 12.7. The Morgan fingerprint density at radius 3 is 2.95 bits per heavy atom. The molecule has 1 aromatic heterocycles. The van der Waals surface area contributed by atoms with Crippen molar-refractivity contribution < 1.29 is 4.79 Å². The Balaban J connectivity index is 2.10. The van der Waals surface area contributed by atoms with Gasteiger partial charge in [-0.15, -0.1) is 0 Å². The van der Waals surface area contributed by atoms with Crippen molar-refractivity contribution in [2.45, 2.75) is 19.9 Å². The number of aromatic nitrogens is 1. The van der Waals surface area contributed by atoms with Crippen LogP contribution in [0.15, 0.2) is 18.5 Å². The molecule has 2 heterocycles. The molecule has 2 N–H and O–H groups in total. The number of nitrogens with zero attached hydrogens (tertiary/aromatic N) is 3. The summed E-state index contributed by atoms with van der Waals surface area (Å²) < 4.78 is 0. The van der Waals surface area contributed by atoms with Crippen LogP contribution in [0.3, 0.4) is 0 Å². The molecule has 0 saturated carbocycles. The van der Waals surface area contributed by atoms with Gasteiger partial charge in [-0.05, 0) is 19.5 Å². The Morgan fingerprint density at radius 1 is 1.48 bits per heavy atom. The quantitative estimate of drug-likeness (QED) is 0.807. The van der Waals surface area contributed by atoms with Crippen LogP contribution in [0.2, 0.25) is 0 Å². The number of nitrogens with two attached hydrogens (primary N) is 1. The van der Waals surface area contributed by atoms with Crippen molar-refractivity contribution in [1.82, 2.24) is 14.8 Å². The van der Waals surface area contributed by atoms with E-state index in [9.17, 15) is 4.79 Å². The minimum Gasteiger partial charge on any atom is -0.336 e. The maximum Gasteiger partial charge on any atom is 0.255 e. The van der Waals surface area contributed by atoms with Crippen LogP contribution >= 0.6 is 0 Å². The number of carbonyl (C=O) groups is 1. The summed E-state index contributed by atoms with van der Waals surface area (Å²) in [5.41, 5.74) is 6.68. The second-order valence-corrected chi connectivity index (χ2v) is 5.20. The van der Waals surface area contributed by atoms with Gasteiger partial charge in [0.1, 0.15) is 0 Å². The highest BCUT2D eigenvalue weighted by molar-refractivity contribution is 5.94. The highest BCUT2D eigenvalue weighted by Crippen LogP contribution is 2.13. The van der Waals surface area contributed by atoms with Gasteiger partial charge in [0.25, 0.3) is 5.91 Å². The lowest BCUT2D eigenvalue weighted by Crippen LogP contribution is -2.53. The number of carbonyl (C=O) groups excluding carboxylic acids is 1. The predicted octanol–water partition coefficient (Wildman–Crippen LogP) is 0.558. The van der Waals surface area contributed by atoms with Crippen LogP contribution in [0.5, 0.6) is 0 Å². The van der Waals surface area contributed by atoms with Crippen molar-refractivity contribution in [2.24, 2.45) is 5.73 Å². The molecule has 2 rings (SSSR count). The van der Waals surface area contributed by atoms with Crippen molar-refractivity contribution in [1.29, 1.82) is 0 Å². The van der Waals surface area contributed by atoms with Gasteiger partial charge in [-0.1, -0.05) is 18.8 Å². The molecule has 0 aromatic carbocycles. The number of hydrogen-bond donors (Lipinski definition) is 1. The summed E-state index contributed by atoms with van der Waals surface area (Å²) in [6, 6.07) is 2.18. The summed E-state index contributed by atoms with van der Waals surface area (Å²) in [6.45, 7) is 8.07. The number of likely N-dealkylation sites (N-methyl/N-ethyl adjacent to an activating group) is 1. The Morgan fingerprint density at radius 2 is 2.29 bits per heavy atom. The van der Waals surface area contributed by atoms with Gasteiger partial charge in [0.05, 0.1) is 12.1 Å². The molecule has 1 aliphatic heterocycles. The molecule has 0 spiro atoms. The third kappa shape index (κ3) is 3.81. The lowest BCUT2D eigenvalue weighted by molar-refractivity contribution is 0.0528. The van der Waals surface area contributed by atoms with Crippen molar-refractivity contribution in [3.05, 3.63) is 29.6 Å². The number of amides is 1. The SMILES string of the molecule is CCN1CCN(C(=O)c2cncc(C#CCN)c2)CC1C. The Labute approximate surface area is 126 Å². The average molecular weight is 286 g/mol. The van der Waals surface area contributed by atoms with Crippen molar-refractivity contribution >= 4 is 5.91 Å². The van der Waals surface area contributed by atoms with Crippen molar-refractivity contribution in [3.8, 4) is 11.8 Å². The molecule has 1 aliphatic rings. The monoisotopic (exact) mass is 286 g/mol. The number of hydrogen-bond acceptors (Lipinski definition) is 4. The van der Waals surface area contributed by atoms with E-state index in [4.69, 9.17) is 5.73 Å². The van der Waals surface area contributed by atoms with Crippen molar-refractivity contribution in [2.75, 3.05) is 32.7 Å². The molecular weight excluding hydrogens is 264 g/mol. The highest BCUT2D eigenvalue weighted by Gasteiger charge is 2.26. The summed E-state index contributed by atoms with van der Waals surface area (Å²) >= 11 is 0. The number of piperazine rings is 1. The van der Waals surface area contributed by atoms with E-state index in [0.717, 1.165) is 31.7 Å². The van der Waals surface area contributed by atoms with E-state index < -0.39 is 0 Å². The summed E-state index contributed by atoms with van der Waals surface area (Å²) in [5, 5.41) is 0. The second kappa shape index (κ2) is 7.21. The third-order valence-electron chi connectivity index (χ3n) is 3.78. The minimum atomic E-state index is 0.0292. The fourth-order valence-corrected chi connectivity index (χ4v) is 2.61. The van der Waals surface area contributed by atoms with Gasteiger partial charge in [0, 0.05) is 43.6 Å². The summed E-state index contributed by atoms with van der Waals surface area (Å²) in [4.78, 5) is 20.9. The van der Waals surface area contributed by atoms with E-state index in [1.807, 2.05) is 4.90 Å². The Bertz CT molecular complexity index is 561. The zero-order chi connectivity index (χ0) is 15.2. The standard InChI is InChI=1S/C16H22N4O/c1-3-19-7-8-20(12-13(19)2)16(21)15-9-14(5-4-6-17)10-18-11-15/h9-11,13H,3,6-8,12,17H2,1-2H3. The van der Waals surface area contributed by atoms with Crippen LogP contribution < -0.4 is 5.73 Å². The Hall–Kier alpha value is -1.90. The van der Waals surface area contributed by atoms with Gasteiger partial charge >= 0.3 is 0 Å². The lowest BCUT2D eigenvalue weighted by atomic mass is 10.1. The van der Waals surface area contributed by atoms with E-state index in [1.165, 1.54) is 0 Å². The molecule has 5 heteroatoms. The van der Waals surface area contributed by atoms with E-state index in [-0.39, 0.29) is 5.91 Å². The van der Waals surface area contributed by atoms with E-state index in [0.29, 0.717) is 18.2 Å². The minimum absolute atomic E-state index is 0.0292. The normalized spacial score (nSPS) is 19.0. The molecule has 1 unspecified atom stereocenters. The van der Waals surface area contributed by atoms with E-state index in [2.05, 4.69) is 35.6 Å². The highest BCUT2D eigenvalue weighted by atomic mass is 16.2. The van der Waals surface area contributed by atoms with E-state index in [1.54, 1.807) is 18.5 Å². The van der Waals surface area contributed by atoms with Crippen molar-refractivity contribution in [3.63, 3.8) is 0 Å². The lowest BCUT2D eigenvalue weighted by Gasteiger charge is -2.39. The molecule has 21 heavy (non-hydrogen) atoms. The van der Waals surface area contributed by atoms with Crippen LogP contribution in [0.4, 0.5) is 0 Å². The van der Waals surface area contributed by atoms with Gasteiger partial charge in [0.2, 0.25) is 0 Å². The first-order valence-corrected chi connectivity index (χ1v) is 7.33. The first-order chi connectivity index (χ1) is 10.2. The van der Waals surface area contributed by atoms with Crippen LogP contribution in [0.1, 0.15) is 29.8 Å². The average Bonchev–Trinajstić information content (AvgIpc) is 2.52. The van der Waals surface area contributed by atoms with Crippen LogP contribution in [-0.2, 0) is 0 Å². The Kier molecular flexibility index (Phi) is 5.32. The van der Waals surface area contributed by atoms with Crippen LogP contribution in [-0.4, -0.2) is 59.5 Å². The topological polar surface area (TPSA) is 62.5 Å². The maximum absolute atomic E-state index is 12.6. The van der Waals surface area contributed by atoms with Gasteiger partial charge in [-0.25, -0.2) is 0 Å². The third-order valence-corrected chi connectivity index (χ3v) is 3.78. The first-order valence-electron chi connectivity index (χ1n) is 7.33. The second-order valence-electron chi connectivity index (χ2n) is 5.20. The van der Waals surface area contributed by atoms with Gasteiger partial charge in [-0.3, -0.25) is 14.7 Å². The van der Waals surface area contributed by atoms with Gasteiger partial charge in [0.15, 0.2) is 0 Å². The molecule has 1 atom stereocenters. The van der Waals surface area contributed by atoms with Crippen LogP contribution in [0, 0.1) is 11.8 Å². The van der Waals surface area contributed by atoms with Gasteiger partial charge in [-0.2, -0.15) is 0 Å². The predicted molar refractivity (Wildman–Crippen MR) is 82.8 cm³/mol. The molecule has 5 nitrogen and oxygen atoms in total. The van der Waals surface area contributed by atoms with Crippen LogP contribution in [0.25, 0.3) is 0 Å². The largest absolute Gasteiger partial charge is 0.336 e. The molecule has 0 radical (unpaired) electrons. The number of pyridine rings is 1. The first kappa shape index (κ1) is 15.5. The summed E-state index contributed by atoms with van der Waals surface area (Å²) in [5.74, 6) is 5.72. The van der Waals surface area contributed by atoms with E-state index >= 15 is 0 Å².